The molecule has 1 aromatic carbocycles. The van der Waals surface area contributed by atoms with Gasteiger partial charge in [0.05, 0.1) is 21.3 Å². The molecule has 0 radical (unpaired) electrons. The minimum Gasteiger partial charge on any atom is -0.313 e. The zero-order chi connectivity index (χ0) is 15.4. The molecule has 0 aliphatic rings. The van der Waals surface area contributed by atoms with Gasteiger partial charge in [0.25, 0.3) is 0 Å². The zero-order valence-electron chi connectivity index (χ0n) is 10.2. The number of rotatable bonds is 3. The molecule has 4 nitrogen and oxygen atoms in total. The molecule has 0 saturated carbocycles. The largest absolute Gasteiger partial charge is 0.368 e. The third-order valence-electron chi connectivity index (χ3n) is 2.34. The molecule has 0 aliphatic carbocycles. The van der Waals surface area contributed by atoms with Crippen LogP contribution in [0.5, 0.6) is 0 Å². The Hall–Kier alpha value is -1.33. The Morgan fingerprint density at radius 3 is 2.52 bits per heavy atom. The summed E-state index contributed by atoms with van der Waals surface area (Å²) in [4.78, 5) is 20.2. The van der Waals surface area contributed by atoms with Crippen molar-refractivity contribution in [1.29, 1.82) is 0 Å². The van der Waals surface area contributed by atoms with Crippen LogP contribution in [0.2, 0.25) is 20.2 Å². The van der Waals surface area contributed by atoms with Gasteiger partial charge < -0.3 is 4.84 Å². The number of aromatic nitrogens is 1. The second kappa shape index (κ2) is 7.09. The average Bonchev–Trinajstić information content (AvgIpc) is 2.44. The van der Waals surface area contributed by atoms with Gasteiger partial charge in [-0.1, -0.05) is 57.6 Å². The van der Waals surface area contributed by atoms with Crippen LogP contribution in [0.15, 0.2) is 35.6 Å². The molecule has 0 saturated heterocycles. The third kappa shape index (κ3) is 4.08. The first kappa shape index (κ1) is 16.0. The molecule has 0 unspecified atom stereocenters. The Morgan fingerprint density at radius 1 is 1.19 bits per heavy atom. The molecule has 8 heteroatoms. The van der Waals surface area contributed by atoms with Crippen LogP contribution in [-0.2, 0) is 4.84 Å². The number of halogens is 4. The number of carbonyl (C=O) groups excluding carboxylic acids is 1. The predicted octanol–water partition coefficient (Wildman–Crippen LogP) is 4.89. The van der Waals surface area contributed by atoms with E-state index >= 15 is 0 Å². The van der Waals surface area contributed by atoms with Crippen LogP contribution >= 0.6 is 46.4 Å². The molecular weight excluding hydrogens is 358 g/mol. The molecular formula is C13H6Cl4N2O2. The molecule has 108 valence electrons. The van der Waals surface area contributed by atoms with Crippen molar-refractivity contribution in [3.8, 4) is 0 Å². The number of nitrogens with zero attached hydrogens (tertiary/aromatic N) is 2. The molecule has 0 spiro atoms. The number of hydrogen-bond acceptors (Lipinski definition) is 4. The smallest absolute Gasteiger partial charge is 0.313 e. The van der Waals surface area contributed by atoms with Gasteiger partial charge in [0.15, 0.2) is 0 Å². The minimum absolute atomic E-state index is 0.00609. The highest BCUT2D eigenvalue weighted by molar-refractivity contribution is 6.38. The van der Waals surface area contributed by atoms with Crippen LogP contribution in [0.25, 0.3) is 0 Å². The van der Waals surface area contributed by atoms with Crippen molar-refractivity contribution in [2.45, 2.75) is 0 Å². The van der Waals surface area contributed by atoms with Crippen LogP contribution in [-0.4, -0.2) is 17.2 Å². The maximum atomic E-state index is 11.8. The second-order valence-corrected chi connectivity index (χ2v) is 5.35. The van der Waals surface area contributed by atoms with Gasteiger partial charge in [0.1, 0.15) is 10.7 Å². The van der Waals surface area contributed by atoms with Gasteiger partial charge in [-0.3, -0.25) is 0 Å². The SMILES string of the molecule is O=C(O/N=C/c1c(Cl)cccc1Cl)c1cc(Cl)cnc1Cl. The summed E-state index contributed by atoms with van der Waals surface area (Å²) in [7, 11) is 0. The quantitative estimate of drug-likeness (QED) is 0.337. The van der Waals surface area contributed by atoms with E-state index in [0.717, 1.165) is 0 Å². The van der Waals surface area contributed by atoms with Crippen molar-refractivity contribution in [2.75, 3.05) is 0 Å². The van der Waals surface area contributed by atoms with Gasteiger partial charge in [-0.2, -0.15) is 0 Å². The highest BCUT2D eigenvalue weighted by atomic mass is 35.5. The van der Waals surface area contributed by atoms with E-state index in [1.165, 1.54) is 18.5 Å². The predicted molar refractivity (Wildman–Crippen MR) is 83.7 cm³/mol. The fourth-order valence-corrected chi connectivity index (χ4v) is 2.21. The van der Waals surface area contributed by atoms with Crippen LogP contribution in [0.1, 0.15) is 15.9 Å². The summed E-state index contributed by atoms with van der Waals surface area (Å²) in [6, 6.07) is 6.28. The fourth-order valence-electron chi connectivity index (χ4n) is 1.38. The number of oxime groups is 1. The first-order chi connectivity index (χ1) is 9.99. The molecule has 2 aromatic rings. The van der Waals surface area contributed by atoms with Crippen molar-refractivity contribution in [3.05, 3.63) is 61.8 Å². The normalized spacial score (nSPS) is 10.9. The molecule has 0 bridgehead atoms. The van der Waals surface area contributed by atoms with E-state index in [-0.39, 0.29) is 15.7 Å². The van der Waals surface area contributed by atoms with Crippen LogP contribution in [0, 0.1) is 0 Å². The molecule has 0 atom stereocenters. The molecule has 0 amide bonds. The third-order valence-corrected chi connectivity index (χ3v) is 3.51. The minimum atomic E-state index is -0.797. The average molecular weight is 364 g/mol. The summed E-state index contributed by atoms with van der Waals surface area (Å²) in [5.74, 6) is -0.797. The number of pyridine rings is 1. The highest BCUT2D eigenvalue weighted by Crippen LogP contribution is 2.22. The zero-order valence-corrected chi connectivity index (χ0v) is 13.2. The number of carbonyl (C=O) groups is 1. The van der Waals surface area contributed by atoms with E-state index in [9.17, 15) is 4.79 Å². The van der Waals surface area contributed by atoms with Crippen LogP contribution in [0.3, 0.4) is 0 Å². The van der Waals surface area contributed by atoms with Crippen molar-refractivity contribution < 1.29 is 9.63 Å². The Kier molecular flexibility index (Phi) is 5.42. The van der Waals surface area contributed by atoms with E-state index in [1.807, 2.05) is 0 Å². The van der Waals surface area contributed by atoms with E-state index < -0.39 is 5.97 Å². The Bertz CT molecular complexity index is 699. The molecule has 1 heterocycles. The topological polar surface area (TPSA) is 51.5 Å². The number of benzene rings is 1. The Balaban J connectivity index is 2.14. The van der Waals surface area contributed by atoms with Crippen molar-refractivity contribution in [2.24, 2.45) is 5.16 Å². The molecule has 1 aromatic heterocycles. The molecule has 2 rings (SSSR count). The first-order valence-electron chi connectivity index (χ1n) is 5.49. The summed E-state index contributed by atoms with van der Waals surface area (Å²) in [5, 5.41) is 4.52. The summed E-state index contributed by atoms with van der Waals surface area (Å²) in [6.07, 6.45) is 2.54. The van der Waals surface area contributed by atoms with E-state index in [1.54, 1.807) is 18.2 Å². The number of hydrogen-bond donors (Lipinski definition) is 0. The standard InChI is InChI=1S/C13H6Cl4N2O2/c14-7-4-8(12(17)18-5-7)13(20)21-19-6-9-10(15)2-1-3-11(9)16/h1-6H/b19-6+. The lowest BCUT2D eigenvalue weighted by Crippen LogP contribution is -2.03. The fraction of sp³-hybridized carbons (Fsp3) is 0. The van der Waals surface area contributed by atoms with Crippen LogP contribution < -0.4 is 0 Å². The van der Waals surface area contributed by atoms with Gasteiger partial charge in [0.2, 0.25) is 0 Å². The summed E-state index contributed by atoms with van der Waals surface area (Å²) in [5.41, 5.74) is 0.440. The van der Waals surface area contributed by atoms with Gasteiger partial charge in [-0.15, -0.1) is 0 Å². The summed E-state index contributed by atoms with van der Waals surface area (Å²) >= 11 is 23.4. The lowest BCUT2D eigenvalue weighted by Gasteiger charge is -2.02. The van der Waals surface area contributed by atoms with Gasteiger partial charge in [-0.05, 0) is 18.2 Å². The van der Waals surface area contributed by atoms with Crippen molar-refractivity contribution in [1.82, 2.24) is 4.98 Å². The first-order valence-corrected chi connectivity index (χ1v) is 7.00. The Morgan fingerprint density at radius 2 is 1.86 bits per heavy atom. The Labute approximate surface area is 140 Å². The molecule has 0 fully saturated rings. The maximum Gasteiger partial charge on any atom is 0.368 e. The van der Waals surface area contributed by atoms with Gasteiger partial charge in [-0.25, -0.2) is 9.78 Å². The summed E-state index contributed by atoms with van der Waals surface area (Å²) in [6.45, 7) is 0. The van der Waals surface area contributed by atoms with E-state index in [4.69, 9.17) is 51.2 Å². The second-order valence-electron chi connectivity index (χ2n) is 3.74. The summed E-state index contributed by atoms with van der Waals surface area (Å²) < 4.78 is 0. The lowest BCUT2D eigenvalue weighted by molar-refractivity contribution is 0.0519. The lowest BCUT2D eigenvalue weighted by atomic mass is 10.2. The molecule has 0 N–H and O–H groups in total. The highest BCUT2D eigenvalue weighted by Gasteiger charge is 2.14. The van der Waals surface area contributed by atoms with E-state index in [0.29, 0.717) is 15.6 Å². The van der Waals surface area contributed by atoms with Gasteiger partial charge >= 0.3 is 5.97 Å². The van der Waals surface area contributed by atoms with Crippen LogP contribution in [0.4, 0.5) is 0 Å². The maximum absolute atomic E-state index is 11.8. The van der Waals surface area contributed by atoms with Crippen molar-refractivity contribution in [3.63, 3.8) is 0 Å². The van der Waals surface area contributed by atoms with Gasteiger partial charge in [0, 0.05) is 11.8 Å². The molecule has 21 heavy (non-hydrogen) atoms. The van der Waals surface area contributed by atoms with E-state index in [2.05, 4.69) is 10.1 Å². The monoisotopic (exact) mass is 362 g/mol. The van der Waals surface area contributed by atoms with Crippen molar-refractivity contribution >= 4 is 58.6 Å². The molecule has 0 aliphatic heterocycles.